The van der Waals surface area contributed by atoms with Crippen LogP contribution in [0.4, 0.5) is 0 Å². The van der Waals surface area contributed by atoms with Crippen molar-refractivity contribution in [1.29, 1.82) is 0 Å². The molecule has 1 aromatic carbocycles. The number of rotatable bonds is 4. The maximum absolute atomic E-state index is 11.8. The lowest BCUT2D eigenvalue weighted by Gasteiger charge is -2.07. The minimum Gasteiger partial charge on any atom is -0.511 e. The molecule has 0 unspecified atom stereocenters. The molecule has 0 saturated heterocycles. The number of thiophene rings is 1. The minimum absolute atomic E-state index is 0.00591. The number of thioether (sulfide) groups is 1. The Labute approximate surface area is 148 Å². The first-order valence-corrected chi connectivity index (χ1v) is 9.05. The fourth-order valence-corrected chi connectivity index (χ4v) is 4.24. The highest BCUT2D eigenvalue weighted by Crippen LogP contribution is 2.40. The Morgan fingerprint density at radius 2 is 1.88 bits per heavy atom. The quantitative estimate of drug-likeness (QED) is 0.304. The number of aromatic nitrogens is 2. The van der Waals surface area contributed by atoms with E-state index in [1.54, 1.807) is 11.3 Å². The van der Waals surface area contributed by atoms with Crippen molar-refractivity contribution in [2.75, 3.05) is 0 Å². The molecule has 122 valence electrons. The topological polar surface area (TPSA) is 63.1 Å². The number of aliphatic hydroxyl groups excluding tert-OH is 1. The van der Waals surface area contributed by atoms with Gasteiger partial charge < -0.3 is 5.11 Å². The van der Waals surface area contributed by atoms with Crippen LogP contribution in [0, 0.1) is 6.92 Å². The lowest BCUT2D eigenvalue weighted by atomic mass is 10.1. The Bertz CT molecular complexity index is 939. The van der Waals surface area contributed by atoms with Gasteiger partial charge in [0, 0.05) is 10.9 Å². The molecule has 24 heavy (non-hydrogen) atoms. The third-order valence-electron chi connectivity index (χ3n) is 3.55. The molecule has 4 nitrogen and oxygen atoms in total. The van der Waals surface area contributed by atoms with E-state index < -0.39 is 0 Å². The number of benzene rings is 1. The molecule has 0 atom stereocenters. The molecule has 3 rings (SSSR count). The molecular formula is C18H16N2O2S2. The van der Waals surface area contributed by atoms with Crippen molar-refractivity contribution in [3.8, 4) is 11.1 Å². The van der Waals surface area contributed by atoms with E-state index in [1.165, 1.54) is 37.5 Å². The number of fused-ring (bicyclic) bond motifs is 1. The molecule has 0 aliphatic rings. The van der Waals surface area contributed by atoms with E-state index in [-0.39, 0.29) is 11.5 Å². The van der Waals surface area contributed by atoms with Gasteiger partial charge in [-0.05, 0) is 26.3 Å². The SMILES string of the molecule is CC(=O)/C(Sc1ncnc2scc(-c3ccc(C)cc3)c12)=C(\C)O. The maximum atomic E-state index is 11.8. The summed E-state index contributed by atoms with van der Waals surface area (Å²) in [4.78, 5) is 21.6. The van der Waals surface area contributed by atoms with Gasteiger partial charge in [-0.25, -0.2) is 9.97 Å². The molecule has 0 spiro atoms. The largest absolute Gasteiger partial charge is 0.511 e. The van der Waals surface area contributed by atoms with Gasteiger partial charge >= 0.3 is 0 Å². The molecule has 0 aliphatic heterocycles. The van der Waals surface area contributed by atoms with Gasteiger partial charge in [-0.1, -0.05) is 41.6 Å². The number of hydrogen-bond acceptors (Lipinski definition) is 6. The van der Waals surface area contributed by atoms with Gasteiger partial charge in [0.25, 0.3) is 0 Å². The second kappa shape index (κ2) is 6.75. The number of aryl methyl sites for hydroxylation is 1. The summed E-state index contributed by atoms with van der Waals surface area (Å²) < 4.78 is 0. The number of aliphatic hydroxyl groups is 1. The summed E-state index contributed by atoms with van der Waals surface area (Å²) in [5.74, 6) is -0.176. The summed E-state index contributed by atoms with van der Waals surface area (Å²) in [6.07, 6.45) is 1.49. The lowest BCUT2D eigenvalue weighted by molar-refractivity contribution is -0.113. The molecule has 3 aromatic rings. The molecule has 0 aliphatic carbocycles. The first-order valence-electron chi connectivity index (χ1n) is 7.35. The van der Waals surface area contributed by atoms with Crippen molar-refractivity contribution in [3.05, 3.63) is 52.2 Å². The third-order valence-corrected chi connectivity index (χ3v) is 5.72. The highest BCUT2D eigenvalue weighted by molar-refractivity contribution is 8.04. The van der Waals surface area contributed by atoms with Crippen LogP contribution in [0.3, 0.4) is 0 Å². The number of ketones is 1. The molecule has 0 fully saturated rings. The Hall–Kier alpha value is -2.18. The summed E-state index contributed by atoms with van der Waals surface area (Å²) in [6, 6.07) is 8.26. The van der Waals surface area contributed by atoms with Gasteiger partial charge in [0.1, 0.15) is 21.9 Å². The van der Waals surface area contributed by atoms with Gasteiger partial charge in [-0.2, -0.15) is 0 Å². The van der Waals surface area contributed by atoms with E-state index >= 15 is 0 Å². The van der Waals surface area contributed by atoms with Crippen LogP contribution in [0.2, 0.25) is 0 Å². The van der Waals surface area contributed by atoms with Crippen molar-refractivity contribution >= 4 is 39.1 Å². The average molecular weight is 356 g/mol. The van der Waals surface area contributed by atoms with Crippen molar-refractivity contribution in [3.63, 3.8) is 0 Å². The number of allylic oxidation sites excluding steroid dienone is 2. The van der Waals surface area contributed by atoms with E-state index in [0.717, 1.165) is 21.3 Å². The molecule has 0 bridgehead atoms. The smallest absolute Gasteiger partial charge is 0.169 e. The molecule has 0 radical (unpaired) electrons. The highest BCUT2D eigenvalue weighted by atomic mass is 32.2. The second-order valence-electron chi connectivity index (χ2n) is 5.45. The average Bonchev–Trinajstić information content (AvgIpc) is 2.97. The van der Waals surface area contributed by atoms with Crippen LogP contribution in [0.1, 0.15) is 19.4 Å². The van der Waals surface area contributed by atoms with Crippen molar-refractivity contribution in [2.45, 2.75) is 25.8 Å². The number of hydrogen-bond donors (Lipinski definition) is 1. The van der Waals surface area contributed by atoms with Gasteiger partial charge in [-0.3, -0.25) is 4.79 Å². The van der Waals surface area contributed by atoms with Crippen LogP contribution in [-0.2, 0) is 4.79 Å². The molecule has 0 amide bonds. The Morgan fingerprint density at radius 3 is 2.50 bits per heavy atom. The molecular weight excluding hydrogens is 340 g/mol. The number of nitrogens with zero attached hydrogens (tertiary/aromatic N) is 2. The van der Waals surface area contributed by atoms with E-state index in [4.69, 9.17) is 0 Å². The lowest BCUT2D eigenvalue weighted by Crippen LogP contribution is -1.97. The monoisotopic (exact) mass is 356 g/mol. The first kappa shape index (κ1) is 16.7. The van der Waals surface area contributed by atoms with E-state index in [1.807, 2.05) is 6.92 Å². The van der Waals surface area contributed by atoms with Crippen LogP contribution >= 0.6 is 23.1 Å². The predicted molar refractivity (Wildman–Crippen MR) is 99.5 cm³/mol. The summed E-state index contributed by atoms with van der Waals surface area (Å²) >= 11 is 2.73. The zero-order valence-electron chi connectivity index (χ0n) is 13.5. The highest BCUT2D eigenvalue weighted by Gasteiger charge is 2.18. The molecule has 6 heteroatoms. The van der Waals surface area contributed by atoms with Crippen molar-refractivity contribution in [2.24, 2.45) is 0 Å². The standard InChI is InChI=1S/C18H16N2O2S2/c1-10-4-6-13(7-5-10)14-8-23-17-15(14)18(20-9-19-17)24-16(11(2)21)12(3)22/h4-9,21H,1-3H3/b16-11-. The normalized spacial score (nSPS) is 12.3. The van der Waals surface area contributed by atoms with Crippen LogP contribution < -0.4 is 0 Å². The number of Topliss-reactive ketones (excluding diaryl/α,β-unsaturated/α-hetero) is 1. The number of carbonyl (C=O) groups excluding carboxylic acids is 1. The third kappa shape index (κ3) is 3.20. The zero-order valence-corrected chi connectivity index (χ0v) is 15.2. The van der Waals surface area contributed by atoms with Gasteiger partial charge in [0.2, 0.25) is 0 Å². The molecule has 0 saturated carbocycles. The van der Waals surface area contributed by atoms with E-state index in [2.05, 4.69) is 39.6 Å². The summed E-state index contributed by atoms with van der Waals surface area (Å²) in [5.41, 5.74) is 3.32. The molecule has 1 N–H and O–H groups in total. The van der Waals surface area contributed by atoms with Crippen LogP contribution in [0.15, 0.2) is 51.7 Å². The number of carbonyl (C=O) groups is 1. The zero-order chi connectivity index (χ0) is 17.3. The summed E-state index contributed by atoms with van der Waals surface area (Å²) in [6.45, 7) is 5.00. The van der Waals surface area contributed by atoms with Crippen molar-refractivity contribution < 1.29 is 9.90 Å². The summed E-state index contributed by atoms with van der Waals surface area (Å²) in [5, 5.41) is 13.4. The summed E-state index contributed by atoms with van der Waals surface area (Å²) in [7, 11) is 0. The maximum Gasteiger partial charge on any atom is 0.169 e. The first-order chi connectivity index (χ1) is 11.5. The Kier molecular flexibility index (Phi) is 4.69. The van der Waals surface area contributed by atoms with Gasteiger partial charge in [-0.15, -0.1) is 11.3 Å². The van der Waals surface area contributed by atoms with Gasteiger partial charge in [0.15, 0.2) is 5.78 Å². The van der Waals surface area contributed by atoms with Crippen molar-refractivity contribution in [1.82, 2.24) is 9.97 Å². The molecule has 2 aromatic heterocycles. The van der Waals surface area contributed by atoms with Gasteiger partial charge in [0.05, 0.1) is 10.3 Å². The van der Waals surface area contributed by atoms with Crippen LogP contribution in [0.5, 0.6) is 0 Å². The Morgan fingerprint density at radius 1 is 1.17 bits per heavy atom. The van der Waals surface area contributed by atoms with Crippen LogP contribution in [0.25, 0.3) is 21.3 Å². The fraction of sp³-hybridized carbons (Fsp3) is 0.167. The van der Waals surface area contributed by atoms with E-state index in [9.17, 15) is 9.90 Å². The predicted octanol–water partition coefficient (Wildman–Crippen LogP) is 5.14. The van der Waals surface area contributed by atoms with Crippen LogP contribution in [-0.4, -0.2) is 20.9 Å². The fourth-order valence-electron chi connectivity index (χ4n) is 2.37. The van der Waals surface area contributed by atoms with E-state index in [0.29, 0.717) is 9.93 Å². The Balaban J connectivity index is 2.16. The minimum atomic E-state index is -0.182. The molecule has 2 heterocycles. The second-order valence-corrected chi connectivity index (χ2v) is 7.30.